The van der Waals surface area contributed by atoms with Crippen molar-refractivity contribution in [2.75, 3.05) is 32.8 Å². The number of hydrogen-bond donors (Lipinski definition) is 1. The first kappa shape index (κ1) is 20.1. The van der Waals surface area contributed by atoms with E-state index < -0.39 is 5.66 Å². The van der Waals surface area contributed by atoms with Crippen molar-refractivity contribution in [3.8, 4) is 17.2 Å². The summed E-state index contributed by atoms with van der Waals surface area (Å²) in [6.07, 6.45) is 4.58. The van der Waals surface area contributed by atoms with Crippen molar-refractivity contribution in [1.82, 2.24) is 5.32 Å². The molecule has 30 heavy (non-hydrogen) atoms. The Bertz CT molecular complexity index is 989. The molecule has 0 aliphatic carbocycles. The molecule has 4 rings (SSSR count). The highest BCUT2D eigenvalue weighted by Gasteiger charge is 2.57. The number of nitrogens with zero attached hydrogens (tertiary/aromatic N) is 1. The van der Waals surface area contributed by atoms with Gasteiger partial charge in [-0.2, -0.15) is 0 Å². The number of nitrogens with one attached hydrogen (secondary N) is 1. The molecule has 2 heterocycles. The Morgan fingerprint density at radius 2 is 1.70 bits per heavy atom. The van der Waals surface area contributed by atoms with Gasteiger partial charge in [0.15, 0.2) is 11.5 Å². The third-order valence-electron chi connectivity index (χ3n) is 6.34. The summed E-state index contributed by atoms with van der Waals surface area (Å²) in [5, 5.41) is 3.29. The minimum absolute atomic E-state index is 0.0571. The number of amides is 1. The molecule has 6 heteroatoms. The van der Waals surface area contributed by atoms with Gasteiger partial charge in [-0.15, -0.1) is 0 Å². The molecule has 1 N–H and O–H groups in total. The van der Waals surface area contributed by atoms with Crippen molar-refractivity contribution in [2.24, 2.45) is 0 Å². The highest BCUT2D eigenvalue weighted by Crippen LogP contribution is 2.52. The van der Waals surface area contributed by atoms with Crippen LogP contribution >= 0.6 is 0 Å². The first-order chi connectivity index (χ1) is 14.4. The molecule has 0 spiro atoms. The van der Waals surface area contributed by atoms with Gasteiger partial charge in [-0.1, -0.05) is 38.1 Å². The summed E-state index contributed by atoms with van der Waals surface area (Å²) in [7, 11) is 4.79. The van der Waals surface area contributed by atoms with E-state index in [2.05, 4.69) is 48.3 Å². The minimum atomic E-state index is -0.660. The van der Waals surface area contributed by atoms with Gasteiger partial charge in [-0.3, -0.25) is 4.79 Å². The van der Waals surface area contributed by atoms with Crippen LogP contribution in [0.5, 0.6) is 17.2 Å². The van der Waals surface area contributed by atoms with Crippen LogP contribution in [0.3, 0.4) is 0 Å². The van der Waals surface area contributed by atoms with E-state index in [1.807, 2.05) is 24.3 Å². The number of benzene rings is 2. The van der Waals surface area contributed by atoms with Crippen molar-refractivity contribution < 1.29 is 19.0 Å². The molecule has 0 aromatic heterocycles. The monoisotopic (exact) mass is 408 g/mol. The predicted molar refractivity (Wildman–Crippen MR) is 117 cm³/mol. The lowest BCUT2D eigenvalue weighted by Crippen LogP contribution is -2.68. The Hall–Kier alpha value is -3.15. The molecule has 158 valence electrons. The lowest BCUT2D eigenvalue weighted by Gasteiger charge is -2.49. The quantitative estimate of drug-likeness (QED) is 0.817. The molecular formula is C24H28N2O4. The predicted octanol–water partition coefficient (Wildman–Crippen LogP) is 3.74. The van der Waals surface area contributed by atoms with E-state index >= 15 is 0 Å². The molecule has 0 bridgehead atoms. The Balaban J connectivity index is 1.82. The maximum Gasteiger partial charge on any atom is 0.223 e. The fourth-order valence-corrected chi connectivity index (χ4v) is 4.73. The SMILES string of the molecule is COc1cc(C=CC23NC(=O)CCN2c2ccccc2C3(C)C)cc(OC)c1OC. The Labute approximate surface area is 177 Å². The van der Waals surface area contributed by atoms with Crippen molar-refractivity contribution in [1.29, 1.82) is 0 Å². The molecule has 0 radical (unpaired) electrons. The normalized spacial score (nSPS) is 21.8. The zero-order chi connectivity index (χ0) is 21.5. The van der Waals surface area contributed by atoms with Gasteiger partial charge >= 0.3 is 0 Å². The maximum atomic E-state index is 12.5. The summed E-state index contributed by atoms with van der Waals surface area (Å²) in [5.41, 5.74) is 2.30. The van der Waals surface area contributed by atoms with Gasteiger partial charge < -0.3 is 24.4 Å². The van der Waals surface area contributed by atoms with Crippen molar-refractivity contribution in [3.05, 3.63) is 53.6 Å². The standard InChI is InChI=1S/C24H28N2O4/c1-23(2)17-8-6-7-9-18(17)26-13-11-21(27)25-24(23,26)12-10-16-14-19(28-3)22(30-5)20(15-16)29-4/h6-10,12,14-15H,11,13H2,1-5H3,(H,25,27). The first-order valence-corrected chi connectivity index (χ1v) is 10.1. The van der Waals surface area contributed by atoms with Gasteiger partial charge in [0.25, 0.3) is 0 Å². The van der Waals surface area contributed by atoms with Crippen LogP contribution in [0, 0.1) is 0 Å². The highest BCUT2D eigenvalue weighted by atomic mass is 16.5. The summed E-state index contributed by atoms with van der Waals surface area (Å²) >= 11 is 0. The number of rotatable bonds is 5. The molecule has 2 aliphatic rings. The van der Waals surface area contributed by atoms with E-state index in [0.717, 1.165) is 11.3 Å². The zero-order valence-corrected chi connectivity index (χ0v) is 18.1. The van der Waals surface area contributed by atoms with E-state index in [0.29, 0.717) is 30.2 Å². The largest absolute Gasteiger partial charge is 0.493 e. The Morgan fingerprint density at radius 1 is 1.03 bits per heavy atom. The molecule has 2 aromatic carbocycles. The third kappa shape index (κ3) is 2.82. The van der Waals surface area contributed by atoms with Crippen LogP contribution < -0.4 is 24.4 Å². The molecular weight excluding hydrogens is 380 g/mol. The molecule has 1 unspecified atom stereocenters. The molecule has 1 atom stereocenters. The summed E-state index contributed by atoms with van der Waals surface area (Å²) in [6.45, 7) is 5.03. The molecule has 1 fully saturated rings. The van der Waals surface area contributed by atoms with E-state index in [4.69, 9.17) is 14.2 Å². The summed E-state index contributed by atoms with van der Waals surface area (Å²) in [5.74, 6) is 1.79. The number of hydrogen-bond acceptors (Lipinski definition) is 5. The fraction of sp³-hybridized carbons (Fsp3) is 0.375. The van der Waals surface area contributed by atoms with Gasteiger partial charge in [0.2, 0.25) is 11.7 Å². The van der Waals surface area contributed by atoms with Crippen LogP contribution in [-0.4, -0.2) is 39.4 Å². The van der Waals surface area contributed by atoms with Crippen molar-refractivity contribution in [3.63, 3.8) is 0 Å². The fourth-order valence-electron chi connectivity index (χ4n) is 4.73. The number of anilines is 1. The third-order valence-corrected chi connectivity index (χ3v) is 6.34. The van der Waals surface area contributed by atoms with Crippen LogP contribution in [0.2, 0.25) is 0 Å². The average Bonchev–Trinajstić information content (AvgIpc) is 2.95. The lowest BCUT2D eigenvalue weighted by molar-refractivity contribution is -0.124. The van der Waals surface area contributed by atoms with Gasteiger partial charge in [0.1, 0.15) is 5.66 Å². The highest BCUT2D eigenvalue weighted by molar-refractivity contribution is 5.84. The Morgan fingerprint density at radius 3 is 2.33 bits per heavy atom. The summed E-state index contributed by atoms with van der Waals surface area (Å²) in [4.78, 5) is 14.8. The number of fused-ring (bicyclic) bond motifs is 3. The smallest absolute Gasteiger partial charge is 0.223 e. The van der Waals surface area contributed by atoms with Crippen LogP contribution in [0.1, 0.15) is 31.4 Å². The number of methoxy groups -OCH3 is 3. The molecule has 2 aromatic rings. The second-order valence-electron chi connectivity index (χ2n) is 8.15. The number of carbonyl (C=O) groups excluding carboxylic acids is 1. The Kier molecular flexibility index (Phi) is 4.88. The van der Waals surface area contributed by atoms with Crippen molar-refractivity contribution >= 4 is 17.7 Å². The van der Waals surface area contributed by atoms with E-state index in [1.165, 1.54) is 5.56 Å². The topological polar surface area (TPSA) is 60.0 Å². The van der Waals surface area contributed by atoms with Gasteiger partial charge in [0, 0.05) is 24.1 Å². The first-order valence-electron chi connectivity index (χ1n) is 10.1. The molecule has 1 amide bonds. The summed E-state index contributed by atoms with van der Waals surface area (Å²) in [6, 6.07) is 12.2. The van der Waals surface area contributed by atoms with Gasteiger partial charge in [-0.05, 0) is 35.4 Å². The minimum Gasteiger partial charge on any atom is -0.493 e. The van der Waals surface area contributed by atoms with Crippen molar-refractivity contribution in [2.45, 2.75) is 31.3 Å². The van der Waals surface area contributed by atoms with E-state index in [-0.39, 0.29) is 11.3 Å². The van der Waals surface area contributed by atoms with E-state index in [9.17, 15) is 4.79 Å². The van der Waals surface area contributed by atoms with Crippen LogP contribution in [0.4, 0.5) is 5.69 Å². The zero-order valence-electron chi connectivity index (χ0n) is 18.1. The number of para-hydroxylation sites is 1. The average molecular weight is 408 g/mol. The second-order valence-corrected chi connectivity index (χ2v) is 8.15. The number of carbonyl (C=O) groups is 1. The molecule has 2 aliphatic heterocycles. The maximum absolute atomic E-state index is 12.5. The summed E-state index contributed by atoms with van der Waals surface area (Å²) < 4.78 is 16.4. The molecule has 0 saturated carbocycles. The lowest BCUT2D eigenvalue weighted by atomic mass is 9.74. The second kappa shape index (κ2) is 7.27. The molecule has 6 nitrogen and oxygen atoms in total. The van der Waals surface area contributed by atoms with Gasteiger partial charge in [0.05, 0.1) is 21.3 Å². The van der Waals surface area contributed by atoms with Crippen LogP contribution in [-0.2, 0) is 10.2 Å². The van der Waals surface area contributed by atoms with Crippen LogP contribution in [0.25, 0.3) is 6.08 Å². The molecule has 1 saturated heterocycles. The van der Waals surface area contributed by atoms with E-state index in [1.54, 1.807) is 21.3 Å². The number of ether oxygens (including phenoxy) is 3. The van der Waals surface area contributed by atoms with Crippen LogP contribution in [0.15, 0.2) is 42.5 Å². The van der Waals surface area contributed by atoms with Gasteiger partial charge in [-0.25, -0.2) is 0 Å².